The van der Waals surface area contributed by atoms with Crippen molar-refractivity contribution in [2.24, 2.45) is 0 Å². The molecule has 0 saturated heterocycles. The minimum absolute atomic E-state index is 0. The van der Waals surface area contributed by atoms with Gasteiger partial charge in [0.25, 0.3) is 0 Å². The van der Waals surface area contributed by atoms with Crippen molar-refractivity contribution >= 4 is 25.8 Å². The van der Waals surface area contributed by atoms with Gasteiger partial charge in [-0.05, 0) is 0 Å². The summed E-state index contributed by atoms with van der Waals surface area (Å²) < 4.78 is 0. The minimum atomic E-state index is 0. The van der Waals surface area contributed by atoms with Crippen molar-refractivity contribution < 1.29 is 44.3 Å². The summed E-state index contributed by atoms with van der Waals surface area (Å²) in [7, 11) is 0. The molecule has 0 amide bonds. The van der Waals surface area contributed by atoms with Gasteiger partial charge in [-0.1, -0.05) is 0 Å². The molecule has 4 heteroatoms. The predicted octanol–water partition coefficient (Wildman–Crippen LogP) is -2.01. The van der Waals surface area contributed by atoms with E-state index in [1.807, 2.05) is 0 Å². The van der Waals surface area contributed by atoms with Crippen molar-refractivity contribution in [2.45, 2.75) is 0 Å². The van der Waals surface area contributed by atoms with Crippen LogP contribution < -0.4 is 0 Å². The summed E-state index contributed by atoms with van der Waals surface area (Å²) in [6.07, 6.45) is 0. The fourth-order valence-corrected chi connectivity index (χ4v) is 0. The van der Waals surface area contributed by atoms with Crippen LogP contribution in [0, 0.1) is 0 Å². The molecule has 4 heavy (non-hydrogen) atoms. The summed E-state index contributed by atoms with van der Waals surface area (Å²) in [5.74, 6) is 0. The van der Waals surface area contributed by atoms with Gasteiger partial charge in [-0.3, -0.25) is 0 Å². The van der Waals surface area contributed by atoms with Gasteiger partial charge in [0.15, 0.2) is 0 Å². The van der Waals surface area contributed by atoms with Gasteiger partial charge in [0.05, 0.1) is 0 Å². The zero-order valence-electron chi connectivity index (χ0n) is 1.26. The van der Waals surface area contributed by atoms with E-state index >= 15 is 0 Å². The topological polar surface area (TPSA) is 31.5 Å². The van der Waals surface area contributed by atoms with E-state index < -0.39 is 0 Å². The van der Waals surface area contributed by atoms with Crippen LogP contribution in [0.2, 0.25) is 0 Å². The summed E-state index contributed by atoms with van der Waals surface area (Å²) >= 11 is 0. The zero-order valence-corrected chi connectivity index (χ0v) is 5.46. The Hall–Kier alpha value is 2.06. The standard InChI is InChI=1S/In.Ni.H2O.Ta.3H/h;;1H2;;;;. The average molecular weight is 375 g/mol. The zero-order chi connectivity index (χ0) is 0. The molecule has 0 atom stereocenters. The first-order chi connectivity index (χ1) is 0. The maximum absolute atomic E-state index is 0. The molecule has 0 bridgehead atoms. The number of hydrogen-bond acceptors (Lipinski definition) is 0. The van der Waals surface area contributed by atoms with Crippen LogP contribution in [0.25, 0.3) is 0 Å². The molecule has 1 radical (unpaired) electrons. The van der Waals surface area contributed by atoms with Crippen LogP contribution in [-0.2, 0) is 38.9 Å². The molecule has 0 spiro atoms. The maximum Gasteiger partial charge on any atom is 0 e. The molecule has 0 aromatic carbocycles. The molecule has 0 rings (SSSR count). The van der Waals surface area contributed by atoms with E-state index in [0.717, 1.165) is 0 Å². The molecule has 29 valence electrons. The van der Waals surface area contributed by atoms with Crippen molar-refractivity contribution in [1.82, 2.24) is 0 Å². The Labute approximate surface area is 69.4 Å². The Morgan fingerprint density at radius 2 is 1.00 bits per heavy atom. The largest absolute Gasteiger partial charge is 0 e. The minimum Gasteiger partial charge on any atom is 0 e. The number of hydrogen-bond donors (Lipinski definition) is 0. The van der Waals surface area contributed by atoms with Crippen LogP contribution in [0.4, 0.5) is 0 Å². The van der Waals surface area contributed by atoms with E-state index in [2.05, 4.69) is 0 Å². The first-order valence-corrected chi connectivity index (χ1v) is 0. The first kappa shape index (κ1) is 36.5. The van der Waals surface area contributed by atoms with Crippen molar-refractivity contribution in [3.05, 3.63) is 0 Å². The molecule has 1 nitrogen and oxygen atoms in total. The van der Waals surface area contributed by atoms with Crippen molar-refractivity contribution in [2.75, 3.05) is 0 Å². The SMILES string of the molecule is O.[InH3].[Ni].[Ta]. The van der Waals surface area contributed by atoms with Gasteiger partial charge < -0.3 is 5.48 Å². The van der Waals surface area contributed by atoms with Crippen molar-refractivity contribution in [1.29, 1.82) is 0 Å². The summed E-state index contributed by atoms with van der Waals surface area (Å²) in [5.41, 5.74) is 0. The molecule has 0 aliphatic rings. The van der Waals surface area contributed by atoms with Crippen LogP contribution in [0.1, 0.15) is 0 Å². The summed E-state index contributed by atoms with van der Waals surface area (Å²) in [6.45, 7) is 0. The van der Waals surface area contributed by atoms with Gasteiger partial charge in [0.2, 0.25) is 0 Å². The Morgan fingerprint density at radius 1 is 1.00 bits per heavy atom. The third kappa shape index (κ3) is 8.96. The van der Waals surface area contributed by atoms with Gasteiger partial charge >= 0.3 is 25.8 Å². The molecule has 0 aromatic heterocycles. The van der Waals surface area contributed by atoms with E-state index in [-0.39, 0.29) is 70.2 Å². The van der Waals surface area contributed by atoms with Gasteiger partial charge in [-0.15, -0.1) is 0 Å². The van der Waals surface area contributed by atoms with Crippen LogP contribution in [0.5, 0.6) is 0 Å². The molecule has 0 aliphatic heterocycles. The van der Waals surface area contributed by atoms with E-state index in [4.69, 9.17) is 0 Å². The second-order valence-electron chi connectivity index (χ2n) is 0. The van der Waals surface area contributed by atoms with Gasteiger partial charge in [0.1, 0.15) is 0 Å². The van der Waals surface area contributed by atoms with E-state index in [1.54, 1.807) is 0 Å². The molecule has 0 aliphatic carbocycles. The Balaban J connectivity index is 0. The quantitative estimate of drug-likeness (QED) is 0.438. The van der Waals surface area contributed by atoms with Crippen LogP contribution >= 0.6 is 0 Å². The molecular weight excluding hydrogens is 370 g/mol. The predicted molar refractivity (Wildman–Crippen MR) is 13.6 cm³/mol. The second-order valence-corrected chi connectivity index (χ2v) is 0. The summed E-state index contributed by atoms with van der Waals surface area (Å²) in [4.78, 5) is 0. The monoisotopic (exact) mass is 375 g/mol. The third-order valence-electron chi connectivity index (χ3n) is 0. The van der Waals surface area contributed by atoms with Crippen molar-refractivity contribution in [3.8, 4) is 0 Å². The molecule has 0 heterocycles. The normalized spacial score (nSPS) is 0. The average Bonchev–Trinajstić information content (AvgIpc) is 0. The van der Waals surface area contributed by atoms with E-state index in [1.165, 1.54) is 0 Å². The van der Waals surface area contributed by atoms with Crippen LogP contribution in [-0.4, -0.2) is 31.3 Å². The Kier molecular flexibility index (Phi) is 179. The van der Waals surface area contributed by atoms with Gasteiger partial charge in [0, 0.05) is 38.9 Å². The van der Waals surface area contributed by atoms with Gasteiger partial charge in [-0.2, -0.15) is 0 Å². The molecule has 0 aromatic rings. The maximum atomic E-state index is 0. The Morgan fingerprint density at radius 3 is 1.00 bits per heavy atom. The third-order valence-corrected chi connectivity index (χ3v) is 0. The van der Waals surface area contributed by atoms with E-state index in [0.29, 0.717) is 0 Å². The molecule has 2 N–H and O–H groups in total. The summed E-state index contributed by atoms with van der Waals surface area (Å²) in [6, 6.07) is 0. The van der Waals surface area contributed by atoms with E-state index in [9.17, 15) is 0 Å². The molecular formula is H5InNiOTa. The fourth-order valence-electron chi connectivity index (χ4n) is 0. The smallest absolute Gasteiger partial charge is 0 e. The molecule has 0 fully saturated rings. The van der Waals surface area contributed by atoms with Gasteiger partial charge in [-0.25, -0.2) is 0 Å². The first-order valence-electron chi connectivity index (χ1n) is 0. The van der Waals surface area contributed by atoms with Crippen molar-refractivity contribution in [3.63, 3.8) is 0 Å². The second kappa shape index (κ2) is 19.6. The molecule has 0 saturated carbocycles. The molecule has 0 unspecified atom stereocenters. The van der Waals surface area contributed by atoms with Crippen LogP contribution in [0.3, 0.4) is 0 Å². The number of rotatable bonds is 0. The fraction of sp³-hybridized carbons (Fsp3) is 0. The Bertz CT molecular complexity index is 8.00. The van der Waals surface area contributed by atoms with Crippen LogP contribution in [0.15, 0.2) is 0 Å². The summed E-state index contributed by atoms with van der Waals surface area (Å²) in [5, 5.41) is 0.